The van der Waals surface area contributed by atoms with Crippen LogP contribution in [0.2, 0.25) is 5.02 Å². The molecule has 0 saturated heterocycles. The highest BCUT2D eigenvalue weighted by Gasteiger charge is 2.14. The molecule has 0 aliphatic carbocycles. The van der Waals surface area contributed by atoms with Gasteiger partial charge in [-0.15, -0.1) is 0 Å². The van der Waals surface area contributed by atoms with Crippen molar-refractivity contribution >= 4 is 34.6 Å². The van der Waals surface area contributed by atoms with Gasteiger partial charge in [-0.05, 0) is 30.3 Å². The second kappa shape index (κ2) is 6.93. The Bertz CT molecular complexity index is 978. The monoisotopic (exact) mass is 367 g/mol. The average molecular weight is 368 g/mol. The molecule has 26 heavy (non-hydrogen) atoms. The number of rotatable bonds is 4. The van der Waals surface area contributed by atoms with Crippen LogP contribution in [0, 0.1) is 0 Å². The summed E-state index contributed by atoms with van der Waals surface area (Å²) >= 11 is 6.08. The van der Waals surface area contributed by atoms with Crippen molar-refractivity contribution in [3.8, 4) is 11.5 Å². The van der Waals surface area contributed by atoms with Crippen molar-refractivity contribution < 1.29 is 14.3 Å². The number of fused-ring (bicyclic) bond motifs is 1. The third-order valence-corrected chi connectivity index (χ3v) is 4.11. The number of pyridine rings is 1. The summed E-state index contributed by atoms with van der Waals surface area (Å²) in [6, 6.07) is 14.3. The van der Waals surface area contributed by atoms with Gasteiger partial charge < -0.3 is 20.1 Å². The summed E-state index contributed by atoms with van der Waals surface area (Å²) in [4.78, 5) is 16.6. The van der Waals surface area contributed by atoms with Crippen LogP contribution in [0.1, 0.15) is 10.4 Å². The van der Waals surface area contributed by atoms with Gasteiger partial charge in [0, 0.05) is 18.0 Å². The number of carbonyl (C=O) groups excluding carboxylic acids is 1. The zero-order valence-electron chi connectivity index (χ0n) is 13.5. The van der Waals surface area contributed by atoms with Crippen molar-refractivity contribution in [3.63, 3.8) is 0 Å². The molecule has 130 valence electrons. The number of ether oxygens (including phenoxy) is 2. The first kappa shape index (κ1) is 16.2. The molecule has 2 aromatic carbocycles. The van der Waals surface area contributed by atoms with Crippen LogP contribution >= 0.6 is 11.6 Å². The lowest BCUT2D eigenvalue weighted by molar-refractivity contribution is 0.102. The topological polar surface area (TPSA) is 72.5 Å². The number of benzene rings is 2. The molecule has 0 radical (unpaired) electrons. The highest BCUT2D eigenvalue weighted by Crippen LogP contribution is 2.35. The van der Waals surface area contributed by atoms with Gasteiger partial charge in [-0.25, -0.2) is 0 Å². The predicted molar refractivity (Wildman–Crippen MR) is 99.5 cm³/mol. The molecule has 1 aliphatic rings. The molecule has 6 nitrogen and oxygen atoms in total. The minimum atomic E-state index is -0.292. The summed E-state index contributed by atoms with van der Waals surface area (Å²) in [5, 5.41) is 6.45. The number of carbonyl (C=O) groups is 1. The second-order valence-electron chi connectivity index (χ2n) is 5.59. The van der Waals surface area contributed by atoms with Crippen LogP contribution in [0.4, 0.5) is 17.1 Å². The van der Waals surface area contributed by atoms with Crippen LogP contribution < -0.4 is 20.1 Å². The van der Waals surface area contributed by atoms with Gasteiger partial charge in [0.25, 0.3) is 5.91 Å². The van der Waals surface area contributed by atoms with E-state index in [9.17, 15) is 4.79 Å². The van der Waals surface area contributed by atoms with E-state index in [2.05, 4.69) is 15.6 Å². The first-order chi connectivity index (χ1) is 12.7. The summed E-state index contributed by atoms with van der Waals surface area (Å²) < 4.78 is 10.7. The van der Waals surface area contributed by atoms with E-state index in [4.69, 9.17) is 21.1 Å². The van der Waals surface area contributed by atoms with E-state index in [-0.39, 0.29) is 12.7 Å². The number of amides is 1. The molecule has 1 amide bonds. The van der Waals surface area contributed by atoms with Crippen LogP contribution in [0.25, 0.3) is 0 Å². The molecule has 2 N–H and O–H groups in total. The van der Waals surface area contributed by atoms with Crippen LogP contribution in [0.5, 0.6) is 11.5 Å². The first-order valence-corrected chi connectivity index (χ1v) is 8.24. The lowest BCUT2D eigenvalue weighted by atomic mass is 10.2. The van der Waals surface area contributed by atoms with Crippen molar-refractivity contribution in [1.29, 1.82) is 0 Å². The molecule has 1 aliphatic heterocycles. The van der Waals surface area contributed by atoms with Crippen LogP contribution in [-0.2, 0) is 0 Å². The number of hydrogen-bond acceptors (Lipinski definition) is 5. The van der Waals surface area contributed by atoms with Gasteiger partial charge in [0.2, 0.25) is 6.79 Å². The van der Waals surface area contributed by atoms with Crippen molar-refractivity contribution in [2.45, 2.75) is 0 Å². The maximum absolute atomic E-state index is 12.5. The third kappa shape index (κ3) is 3.41. The SMILES string of the molecule is O=C(Nc1ccccc1Cl)c1cncc(Nc2ccc3c(c2)OCO3)c1. The largest absolute Gasteiger partial charge is 0.454 e. The maximum Gasteiger partial charge on any atom is 0.257 e. The fraction of sp³-hybridized carbons (Fsp3) is 0.0526. The van der Waals surface area contributed by atoms with E-state index in [1.165, 1.54) is 6.20 Å². The highest BCUT2D eigenvalue weighted by atomic mass is 35.5. The first-order valence-electron chi connectivity index (χ1n) is 7.87. The van der Waals surface area contributed by atoms with Gasteiger partial charge in [0.1, 0.15) is 0 Å². The van der Waals surface area contributed by atoms with E-state index in [0.29, 0.717) is 33.5 Å². The minimum Gasteiger partial charge on any atom is -0.454 e. The lowest BCUT2D eigenvalue weighted by Crippen LogP contribution is -2.12. The summed E-state index contributed by atoms with van der Waals surface area (Å²) in [6.45, 7) is 0.220. The van der Waals surface area contributed by atoms with E-state index in [1.807, 2.05) is 18.2 Å². The molecule has 0 bridgehead atoms. The summed E-state index contributed by atoms with van der Waals surface area (Å²) in [5.74, 6) is 1.09. The van der Waals surface area contributed by atoms with E-state index in [0.717, 1.165) is 5.69 Å². The highest BCUT2D eigenvalue weighted by molar-refractivity contribution is 6.33. The van der Waals surface area contributed by atoms with Crippen LogP contribution in [0.3, 0.4) is 0 Å². The Hall–Kier alpha value is -3.25. The molecule has 2 heterocycles. The number of hydrogen-bond donors (Lipinski definition) is 2. The van der Waals surface area contributed by atoms with Crippen molar-refractivity contribution in [2.24, 2.45) is 0 Å². The molecule has 7 heteroatoms. The minimum absolute atomic E-state index is 0.220. The molecule has 4 rings (SSSR count). The van der Waals surface area contributed by atoms with Crippen molar-refractivity contribution in [2.75, 3.05) is 17.4 Å². The molecule has 0 fully saturated rings. The summed E-state index contributed by atoms with van der Waals surface area (Å²) in [6.07, 6.45) is 3.13. The number of para-hydroxylation sites is 1. The fourth-order valence-corrected chi connectivity index (χ4v) is 2.71. The number of aromatic nitrogens is 1. The quantitative estimate of drug-likeness (QED) is 0.712. The molecule has 1 aromatic heterocycles. The number of nitrogens with zero attached hydrogens (tertiary/aromatic N) is 1. The number of nitrogens with one attached hydrogen (secondary N) is 2. The third-order valence-electron chi connectivity index (χ3n) is 3.78. The van der Waals surface area contributed by atoms with Gasteiger partial charge in [0.05, 0.1) is 28.2 Å². The van der Waals surface area contributed by atoms with Gasteiger partial charge in [-0.3, -0.25) is 9.78 Å². The molecular weight excluding hydrogens is 354 g/mol. The Morgan fingerprint density at radius 3 is 2.73 bits per heavy atom. The van der Waals surface area contributed by atoms with Gasteiger partial charge >= 0.3 is 0 Å². The predicted octanol–water partition coefficient (Wildman–Crippen LogP) is 4.46. The molecular formula is C19H14ClN3O3. The van der Waals surface area contributed by atoms with Crippen molar-refractivity contribution in [1.82, 2.24) is 4.98 Å². The Kier molecular flexibility index (Phi) is 4.33. The molecule has 3 aromatic rings. The fourth-order valence-electron chi connectivity index (χ4n) is 2.53. The number of halogens is 1. The Morgan fingerprint density at radius 1 is 1.00 bits per heavy atom. The Balaban J connectivity index is 1.51. The van der Waals surface area contributed by atoms with Gasteiger partial charge in [-0.2, -0.15) is 0 Å². The van der Waals surface area contributed by atoms with E-state index in [1.54, 1.807) is 36.5 Å². The average Bonchev–Trinajstić information content (AvgIpc) is 3.11. The standard InChI is InChI=1S/C19H14ClN3O3/c20-15-3-1-2-4-16(15)23-19(24)12-7-14(10-21-9-12)22-13-5-6-17-18(8-13)26-11-25-17/h1-10,22H,11H2,(H,23,24). The van der Waals surface area contributed by atoms with E-state index >= 15 is 0 Å². The normalized spacial score (nSPS) is 11.9. The maximum atomic E-state index is 12.5. The Labute approximate surface area is 154 Å². The molecule has 0 unspecified atom stereocenters. The molecule has 0 spiro atoms. The van der Waals surface area contributed by atoms with Crippen LogP contribution in [-0.4, -0.2) is 17.7 Å². The van der Waals surface area contributed by atoms with Gasteiger partial charge in [-0.1, -0.05) is 23.7 Å². The van der Waals surface area contributed by atoms with E-state index < -0.39 is 0 Å². The van der Waals surface area contributed by atoms with Crippen LogP contribution in [0.15, 0.2) is 60.9 Å². The Morgan fingerprint density at radius 2 is 1.85 bits per heavy atom. The molecule has 0 atom stereocenters. The zero-order chi connectivity index (χ0) is 17.9. The smallest absolute Gasteiger partial charge is 0.257 e. The summed E-state index contributed by atoms with van der Waals surface area (Å²) in [5.41, 5.74) is 2.44. The molecule has 0 saturated carbocycles. The van der Waals surface area contributed by atoms with Gasteiger partial charge in [0.15, 0.2) is 11.5 Å². The number of anilines is 3. The lowest BCUT2D eigenvalue weighted by Gasteiger charge is -2.10. The van der Waals surface area contributed by atoms with Crippen molar-refractivity contribution in [3.05, 3.63) is 71.5 Å². The zero-order valence-corrected chi connectivity index (χ0v) is 14.3. The second-order valence-corrected chi connectivity index (χ2v) is 6.00. The summed E-state index contributed by atoms with van der Waals surface area (Å²) in [7, 11) is 0.